The number of halogens is 3. The van der Waals surface area contributed by atoms with Crippen LogP contribution in [0.3, 0.4) is 0 Å². The van der Waals surface area contributed by atoms with Crippen molar-refractivity contribution in [2.24, 2.45) is 0 Å². The monoisotopic (exact) mass is 453 g/mol. The molecule has 5 nitrogen and oxygen atoms in total. The van der Waals surface area contributed by atoms with E-state index in [1.54, 1.807) is 19.1 Å². The van der Waals surface area contributed by atoms with Gasteiger partial charge in [-0.05, 0) is 46.6 Å². The van der Waals surface area contributed by atoms with Crippen molar-refractivity contribution in [2.75, 3.05) is 10.5 Å². The molecular formula is C12H10Br2ClN3O2S. The van der Waals surface area contributed by atoms with Gasteiger partial charge in [-0.2, -0.15) is 0 Å². The summed E-state index contributed by atoms with van der Waals surface area (Å²) in [7, 11) is -3.85. The number of hydrogen-bond acceptors (Lipinski definition) is 4. The maximum Gasteiger partial charge on any atom is 0.265 e. The van der Waals surface area contributed by atoms with Crippen LogP contribution in [0.4, 0.5) is 11.4 Å². The minimum absolute atomic E-state index is 0.0293. The highest BCUT2D eigenvalue weighted by atomic mass is 79.9. The number of rotatable bonds is 3. The van der Waals surface area contributed by atoms with Crippen molar-refractivity contribution < 1.29 is 8.42 Å². The first-order chi connectivity index (χ1) is 9.70. The van der Waals surface area contributed by atoms with Gasteiger partial charge in [0.25, 0.3) is 10.0 Å². The van der Waals surface area contributed by atoms with E-state index in [1.165, 1.54) is 12.3 Å². The zero-order valence-electron chi connectivity index (χ0n) is 10.7. The maximum atomic E-state index is 12.5. The molecule has 0 radical (unpaired) electrons. The third kappa shape index (κ3) is 3.68. The van der Waals surface area contributed by atoms with Crippen LogP contribution in [-0.4, -0.2) is 13.4 Å². The van der Waals surface area contributed by atoms with Gasteiger partial charge in [0, 0.05) is 8.95 Å². The van der Waals surface area contributed by atoms with E-state index in [4.69, 9.17) is 17.3 Å². The van der Waals surface area contributed by atoms with Gasteiger partial charge in [-0.1, -0.05) is 27.5 Å². The Bertz CT molecular complexity index is 789. The molecule has 0 bridgehead atoms. The van der Waals surface area contributed by atoms with Crippen molar-refractivity contribution >= 4 is 64.9 Å². The minimum atomic E-state index is -3.85. The zero-order chi connectivity index (χ0) is 15.8. The van der Waals surface area contributed by atoms with Gasteiger partial charge in [0.1, 0.15) is 10.0 Å². The van der Waals surface area contributed by atoms with Gasteiger partial charge >= 0.3 is 0 Å². The van der Waals surface area contributed by atoms with E-state index in [2.05, 4.69) is 41.6 Å². The standard InChI is InChI=1S/C12H10Br2ClN3O2S/c1-6-2-8(5-17-12(6)15)18-21(19,20)11-9(14)3-7(13)4-10(11)16/h2-5,18H,16H2,1H3. The molecule has 2 rings (SSSR count). The molecule has 0 aliphatic rings. The zero-order valence-corrected chi connectivity index (χ0v) is 15.4. The van der Waals surface area contributed by atoms with E-state index in [0.717, 1.165) is 0 Å². The van der Waals surface area contributed by atoms with Crippen molar-refractivity contribution in [3.8, 4) is 0 Å². The number of nitrogen functional groups attached to an aromatic ring is 1. The van der Waals surface area contributed by atoms with E-state index < -0.39 is 10.0 Å². The Labute approximate surface area is 144 Å². The molecule has 0 saturated carbocycles. The van der Waals surface area contributed by atoms with Crippen LogP contribution >= 0.6 is 43.5 Å². The predicted octanol–water partition coefficient (Wildman–Crippen LogP) is 3.95. The van der Waals surface area contributed by atoms with Gasteiger partial charge in [-0.3, -0.25) is 4.72 Å². The number of nitrogens with two attached hydrogens (primary N) is 1. The van der Waals surface area contributed by atoms with Gasteiger partial charge < -0.3 is 5.73 Å². The van der Waals surface area contributed by atoms with Gasteiger partial charge in [0.05, 0.1) is 17.6 Å². The third-order valence-corrected chi connectivity index (χ3v) is 5.81. The van der Waals surface area contributed by atoms with Crippen molar-refractivity contribution in [3.05, 3.63) is 44.1 Å². The van der Waals surface area contributed by atoms with Crippen molar-refractivity contribution in [1.82, 2.24) is 4.98 Å². The molecule has 3 N–H and O–H groups in total. The molecule has 0 saturated heterocycles. The summed E-state index contributed by atoms with van der Waals surface area (Å²) >= 11 is 12.3. The number of hydrogen-bond donors (Lipinski definition) is 2. The number of aryl methyl sites for hydroxylation is 1. The Kier molecular flexibility index (Phi) is 4.82. The fourth-order valence-corrected chi connectivity index (χ4v) is 4.89. The van der Waals surface area contributed by atoms with Crippen LogP contribution in [0.5, 0.6) is 0 Å². The second-order valence-electron chi connectivity index (χ2n) is 4.24. The number of nitrogens with zero attached hydrogens (tertiary/aromatic N) is 1. The molecule has 0 amide bonds. The number of nitrogens with one attached hydrogen (secondary N) is 1. The number of aromatic nitrogens is 1. The largest absolute Gasteiger partial charge is 0.398 e. The third-order valence-electron chi connectivity index (χ3n) is 2.57. The number of anilines is 2. The molecule has 1 aromatic heterocycles. The number of pyridine rings is 1. The molecule has 0 fully saturated rings. The van der Waals surface area contributed by atoms with Crippen LogP contribution in [0.1, 0.15) is 5.56 Å². The lowest BCUT2D eigenvalue weighted by molar-refractivity contribution is 0.601. The molecule has 1 heterocycles. The Morgan fingerprint density at radius 3 is 2.52 bits per heavy atom. The molecule has 0 atom stereocenters. The smallest absolute Gasteiger partial charge is 0.265 e. The maximum absolute atomic E-state index is 12.5. The fourth-order valence-electron chi connectivity index (χ4n) is 1.68. The van der Waals surface area contributed by atoms with Crippen LogP contribution in [0.25, 0.3) is 0 Å². The van der Waals surface area contributed by atoms with Gasteiger partial charge in [-0.15, -0.1) is 0 Å². The van der Waals surface area contributed by atoms with Crippen molar-refractivity contribution in [3.63, 3.8) is 0 Å². The van der Waals surface area contributed by atoms with Crippen LogP contribution in [-0.2, 0) is 10.0 Å². The minimum Gasteiger partial charge on any atom is -0.398 e. The Hall–Kier alpha value is -0.830. The normalized spacial score (nSPS) is 11.4. The van der Waals surface area contributed by atoms with E-state index >= 15 is 0 Å². The second-order valence-corrected chi connectivity index (χ2v) is 7.99. The summed E-state index contributed by atoms with van der Waals surface area (Å²) < 4.78 is 28.4. The first-order valence-electron chi connectivity index (χ1n) is 5.60. The molecule has 2 aromatic rings. The highest BCUT2D eigenvalue weighted by molar-refractivity contribution is 9.11. The van der Waals surface area contributed by atoms with Crippen LogP contribution < -0.4 is 10.5 Å². The van der Waals surface area contributed by atoms with Crippen molar-refractivity contribution in [2.45, 2.75) is 11.8 Å². The lowest BCUT2D eigenvalue weighted by Gasteiger charge is -2.12. The summed E-state index contributed by atoms with van der Waals surface area (Å²) in [6, 6.07) is 4.72. The quantitative estimate of drug-likeness (QED) is 0.542. The molecule has 0 unspecified atom stereocenters. The fraction of sp³-hybridized carbons (Fsp3) is 0.0833. The Balaban J connectivity index is 2.46. The Morgan fingerprint density at radius 2 is 1.95 bits per heavy atom. The summed E-state index contributed by atoms with van der Waals surface area (Å²) in [4.78, 5) is 3.87. The topological polar surface area (TPSA) is 85.1 Å². The lowest BCUT2D eigenvalue weighted by Crippen LogP contribution is -2.16. The first kappa shape index (κ1) is 16.5. The molecule has 0 aliphatic carbocycles. The molecule has 0 spiro atoms. The van der Waals surface area contributed by atoms with E-state index in [1.807, 2.05) is 0 Å². The van der Waals surface area contributed by atoms with Gasteiger partial charge in [0.15, 0.2) is 0 Å². The van der Waals surface area contributed by atoms with Crippen molar-refractivity contribution in [1.29, 1.82) is 0 Å². The average molecular weight is 456 g/mol. The summed E-state index contributed by atoms with van der Waals surface area (Å²) in [6.07, 6.45) is 1.34. The van der Waals surface area contributed by atoms with E-state index in [9.17, 15) is 8.42 Å². The predicted molar refractivity (Wildman–Crippen MR) is 91.0 cm³/mol. The summed E-state index contributed by atoms with van der Waals surface area (Å²) in [5.41, 5.74) is 6.90. The highest BCUT2D eigenvalue weighted by Gasteiger charge is 2.22. The van der Waals surface area contributed by atoms with Gasteiger partial charge in [-0.25, -0.2) is 13.4 Å². The lowest BCUT2D eigenvalue weighted by atomic mass is 10.3. The van der Waals surface area contributed by atoms with Crippen LogP contribution in [0.15, 0.2) is 38.2 Å². The second kappa shape index (κ2) is 6.12. The average Bonchev–Trinajstić information content (AvgIpc) is 2.31. The first-order valence-corrected chi connectivity index (χ1v) is 9.05. The molecule has 21 heavy (non-hydrogen) atoms. The SMILES string of the molecule is Cc1cc(NS(=O)(=O)c2c(N)cc(Br)cc2Br)cnc1Cl. The van der Waals surface area contributed by atoms with Crippen LogP contribution in [0, 0.1) is 6.92 Å². The molecule has 112 valence electrons. The summed E-state index contributed by atoms with van der Waals surface area (Å²) in [5, 5.41) is 0.322. The molecule has 1 aromatic carbocycles. The van der Waals surface area contributed by atoms with E-state index in [0.29, 0.717) is 25.3 Å². The highest BCUT2D eigenvalue weighted by Crippen LogP contribution is 2.33. The number of benzene rings is 1. The molecule has 9 heteroatoms. The summed E-state index contributed by atoms with van der Waals surface area (Å²) in [5.74, 6) is 0. The number of sulfonamides is 1. The van der Waals surface area contributed by atoms with Crippen LogP contribution in [0.2, 0.25) is 5.15 Å². The molecular weight excluding hydrogens is 445 g/mol. The summed E-state index contributed by atoms with van der Waals surface area (Å²) in [6.45, 7) is 1.73. The van der Waals surface area contributed by atoms with E-state index in [-0.39, 0.29) is 10.6 Å². The van der Waals surface area contributed by atoms with Gasteiger partial charge in [0.2, 0.25) is 0 Å². The molecule has 0 aliphatic heterocycles. The Morgan fingerprint density at radius 1 is 1.29 bits per heavy atom.